The fourth-order valence-corrected chi connectivity index (χ4v) is 3.19. The molecule has 0 aliphatic heterocycles. The van der Waals surface area contributed by atoms with Crippen molar-refractivity contribution in [3.8, 4) is 5.75 Å². The van der Waals surface area contributed by atoms with E-state index in [2.05, 4.69) is 4.98 Å². The van der Waals surface area contributed by atoms with Crippen LogP contribution in [0.1, 0.15) is 26.4 Å². The van der Waals surface area contributed by atoms with Crippen molar-refractivity contribution in [2.24, 2.45) is 5.73 Å². The van der Waals surface area contributed by atoms with Crippen LogP contribution >= 0.6 is 0 Å². The Kier molecular flexibility index (Phi) is 4.75. The molecule has 1 heterocycles. The van der Waals surface area contributed by atoms with E-state index in [0.29, 0.717) is 12.0 Å². The van der Waals surface area contributed by atoms with E-state index in [1.165, 1.54) is 24.4 Å². The number of aldehydes is 1. The third kappa shape index (κ3) is 3.92. The number of phenolic OH excluding ortho intramolecular Hbond substituents is 1. The van der Waals surface area contributed by atoms with Crippen LogP contribution in [0.5, 0.6) is 5.75 Å². The topological polar surface area (TPSA) is 127 Å². The quantitative estimate of drug-likeness (QED) is 0.749. The highest BCUT2D eigenvalue weighted by atomic mass is 32.2. The highest BCUT2D eigenvalue weighted by Gasteiger charge is 2.17. The van der Waals surface area contributed by atoms with Crippen LogP contribution in [0.2, 0.25) is 0 Å². The molecule has 0 aliphatic carbocycles. The molecule has 1 aromatic heterocycles. The third-order valence-corrected chi connectivity index (χ3v) is 4.94. The fourth-order valence-electron chi connectivity index (χ4n) is 1.90. The fraction of sp³-hybridized carbons (Fsp3) is 0.133. The number of nitrogens with zero attached hydrogens (tertiary/aromatic N) is 1. The second kappa shape index (κ2) is 6.57. The third-order valence-electron chi connectivity index (χ3n) is 3.22. The van der Waals surface area contributed by atoms with Gasteiger partial charge in [0.25, 0.3) is 0 Å². The number of carbonyl (C=O) groups is 2. The van der Waals surface area contributed by atoms with Crippen molar-refractivity contribution in [1.82, 2.24) is 4.98 Å². The number of primary amides is 1. The van der Waals surface area contributed by atoms with Crippen LogP contribution in [0.4, 0.5) is 0 Å². The van der Waals surface area contributed by atoms with Crippen LogP contribution in [-0.4, -0.2) is 36.5 Å². The number of amides is 1. The first-order valence-corrected chi connectivity index (χ1v) is 8.24. The van der Waals surface area contributed by atoms with Gasteiger partial charge in [0.1, 0.15) is 5.75 Å². The van der Waals surface area contributed by atoms with Gasteiger partial charge in [-0.3, -0.25) is 14.6 Å². The Bertz CT molecular complexity index is 845. The number of aromatic nitrogens is 1. The number of carbonyl (C=O) groups excluding carboxylic acids is 2. The average Bonchev–Trinajstić information content (AvgIpc) is 2.53. The molecule has 0 spiro atoms. The van der Waals surface area contributed by atoms with Crippen LogP contribution in [-0.2, 0) is 16.3 Å². The van der Waals surface area contributed by atoms with Crippen molar-refractivity contribution in [2.75, 3.05) is 5.75 Å². The van der Waals surface area contributed by atoms with Crippen molar-refractivity contribution in [3.05, 3.63) is 53.3 Å². The van der Waals surface area contributed by atoms with Gasteiger partial charge in [-0.15, -0.1) is 0 Å². The number of nitrogens with two attached hydrogens (primary N) is 1. The van der Waals surface area contributed by atoms with Gasteiger partial charge in [-0.2, -0.15) is 0 Å². The van der Waals surface area contributed by atoms with E-state index in [9.17, 15) is 23.1 Å². The first kappa shape index (κ1) is 16.6. The van der Waals surface area contributed by atoms with Crippen LogP contribution in [0, 0.1) is 0 Å². The zero-order valence-corrected chi connectivity index (χ0v) is 12.8. The summed E-state index contributed by atoms with van der Waals surface area (Å²) in [4.78, 5) is 25.6. The van der Waals surface area contributed by atoms with E-state index >= 15 is 0 Å². The number of hydrogen-bond donors (Lipinski definition) is 2. The van der Waals surface area contributed by atoms with E-state index in [1.807, 2.05) is 0 Å². The number of aryl methyl sites for hydroxylation is 1. The Balaban J connectivity index is 2.15. The summed E-state index contributed by atoms with van der Waals surface area (Å²) in [5.74, 6) is -1.11. The lowest BCUT2D eigenvalue weighted by atomic mass is 10.2. The molecule has 0 radical (unpaired) electrons. The van der Waals surface area contributed by atoms with Gasteiger partial charge < -0.3 is 10.8 Å². The molecule has 0 atom stereocenters. The molecular formula is C15H14N2O5S. The minimum absolute atomic E-state index is 0.0499. The normalized spacial score (nSPS) is 11.1. The molecule has 23 heavy (non-hydrogen) atoms. The number of hydrogen-bond acceptors (Lipinski definition) is 6. The van der Waals surface area contributed by atoms with Crippen LogP contribution in [0.25, 0.3) is 0 Å². The maximum Gasteiger partial charge on any atom is 0.250 e. The Morgan fingerprint density at radius 3 is 2.57 bits per heavy atom. The maximum atomic E-state index is 12.3. The second-order valence-corrected chi connectivity index (χ2v) is 6.92. The summed E-state index contributed by atoms with van der Waals surface area (Å²) in [6.07, 6.45) is 1.81. The van der Waals surface area contributed by atoms with Gasteiger partial charge in [0.05, 0.1) is 21.8 Å². The zero-order chi connectivity index (χ0) is 17.0. The number of phenols is 1. The van der Waals surface area contributed by atoms with E-state index in [1.54, 1.807) is 0 Å². The second-order valence-electron chi connectivity index (χ2n) is 4.81. The summed E-state index contributed by atoms with van der Waals surface area (Å²) in [6.45, 7) is 0. The summed E-state index contributed by atoms with van der Waals surface area (Å²) in [5.41, 5.74) is 5.75. The summed E-state index contributed by atoms with van der Waals surface area (Å²) < 4.78 is 24.5. The number of sulfone groups is 1. The van der Waals surface area contributed by atoms with E-state index in [4.69, 9.17) is 5.73 Å². The van der Waals surface area contributed by atoms with Crippen molar-refractivity contribution in [1.29, 1.82) is 0 Å². The van der Waals surface area contributed by atoms with E-state index in [-0.39, 0.29) is 33.9 Å². The molecular weight excluding hydrogens is 320 g/mol. The van der Waals surface area contributed by atoms with Crippen molar-refractivity contribution in [2.45, 2.75) is 11.3 Å². The lowest BCUT2D eigenvalue weighted by Gasteiger charge is -2.06. The molecule has 2 rings (SSSR count). The Hall–Kier alpha value is -2.74. The van der Waals surface area contributed by atoms with Crippen molar-refractivity contribution in [3.63, 3.8) is 0 Å². The number of benzene rings is 1. The van der Waals surface area contributed by atoms with Gasteiger partial charge in [0.2, 0.25) is 5.91 Å². The minimum atomic E-state index is -3.64. The Labute approximate surface area is 132 Å². The standard InChI is InChI=1S/C15H14N2O5S/c16-15(20)10-1-2-12(17-8-10)5-6-23(21,22)13-3-4-14(19)11(7-13)9-18/h1-4,7-9,19H,5-6H2,(H2,16,20). The lowest BCUT2D eigenvalue weighted by Crippen LogP contribution is -2.13. The molecule has 0 saturated carbocycles. The average molecular weight is 334 g/mol. The summed E-state index contributed by atoms with van der Waals surface area (Å²) in [7, 11) is -3.64. The SMILES string of the molecule is NC(=O)c1ccc(CCS(=O)(=O)c2ccc(O)c(C=O)c2)nc1. The zero-order valence-electron chi connectivity index (χ0n) is 12.0. The largest absolute Gasteiger partial charge is 0.507 e. The number of aromatic hydroxyl groups is 1. The minimum Gasteiger partial charge on any atom is -0.507 e. The molecule has 0 bridgehead atoms. The highest BCUT2D eigenvalue weighted by molar-refractivity contribution is 7.91. The predicted octanol–water partition coefficient (Wildman–Crippen LogP) is 0.715. The van der Waals surface area contributed by atoms with E-state index < -0.39 is 15.7 Å². The Morgan fingerprint density at radius 1 is 1.26 bits per heavy atom. The summed E-state index contributed by atoms with van der Waals surface area (Å²) in [6, 6.07) is 6.53. The molecule has 8 heteroatoms. The molecule has 0 saturated heterocycles. The molecule has 2 aromatic rings. The number of rotatable bonds is 6. The van der Waals surface area contributed by atoms with Crippen molar-refractivity contribution >= 4 is 22.0 Å². The molecule has 1 aromatic carbocycles. The summed E-state index contributed by atoms with van der Waals surface area (Å²) in [5, 5.41) is 9.41. The van der Waals surface area contributed by atoms with Gasteiger partial charge in [0, 0.05) is 18.3 Å². The monoisotopic (exact) mass is 334 g/mol. The number of pyridine rings is 1. The van der Waals surface area contributed by atoms with Gasteiger partial charge in [-0.25, -0.2) is 8.42 Å². The molecule has 1 amide bonds. The molecule has 3 N–H and O–H groups in total. The molecule has 0 aliphatic rings. The molecule has 0 unspecified atom stereocenters. The highest BCUT2D eigenvalue weighted by Crippen LogP contribution is 2.21. The molecule has 0 fully saturated rings. The Morgan fingerprint density at radius 2 is 2.00 bits per heavy atom. The first-order valence-electron chi connectivity index (χ1n) is 6.59. The molecule has 120 valence electrons. The first-order chi connectivity index (χ1) is 10.8. The molecule has 7 nitrogen and oxygen atoms in total. The van der Waals surface area contributed by atoms with Crippen LogP contribution in [0.15, 0.2) is 41.4 Å². The van der Waals surface area contributed by atoms with E-state index in [0.717, 1.165) is 12.1 Å². The smallest absolute Gasteiger partial charge is 0.250 e. The van der Waals surface area contributed by atoms with Crippen LogP contribution in [0.3, 0.4) is 0 Å². The van der Waals surface area contributed by atoms with Crippen LogP contribution < -0.4 is 5.73 Å². The van der Waals surface area contributed by atoms with Gasteiger partial charge in [-0.05, 0) is 30.3 Å². The lowest BCUT2D eigenvalue weighted by molar-refractivity contribution is 0.0999. The van der Waals surface area contributed by atoms with Gasteiger partial charge in [0.15, 0.2) is 16.1 Å². The summed E-state index contributed by atoms with van der Waals surface area (Å²) >= 11 is 0. The maximum absolute atomic E-state index is 12.3. The van der Waals surface area contributed by atoms with Gasteiger partial charge in [-0.1, -0.05) is 0 Å². The van der Waals surface area contributed by atoms with Crippen molar-refractivity contribution < 1.29 is 23.1 Å². The van der Waals surface area contributed by atoms with Gasteiger partial charge >= 0.3 is 0 Å². The predicted molar refractivity (Wildman–Crippen MR) is 82.0 cm³/mol.